The molecule has 0 aliphatic rings. The summed E-state index contributed by atoms with van der Waals surface area (Å²) in [4.78, 5) is 25.0. The molecule has 0 aliphatic heterocycles. The van der Waals surface area contributed by atoms with Gasteiger partial charge in [0, 0.05) is 22.8 Å². The molecule has 0 saturated carbocycles. The van der Waals surface area contributed by atoms with Gasteiger partial charge in [-0.15, -0.1) is 11.3 Å². The molecular formula is C18H18N2O3S. The summed E-state index contributed by atoms with van der Waals surface area (Å²) in [5.41, 5.74) is -1.51. The Morgan fingerprint density at radius 2 is 2.04 bits per heavy atom. The van der Waals surface area contributed by atoms with Crippen molar-refractivity contribution in [3.63, 3.8) is 0 Å². The number of thiophene rings is 1. The third-order valence-electron chi connectivity index (χ3n) is 3.92. The molecule has 2 aromatic heterocycles. The van der Waals surface area contributed by atoms with E-state index in [-0.39, 0.29) is 17.7 Å². The lowest BCUT2D eigenvalue weighted by Crippen LogP contribution is -2.40. The minimum absolute atomic E-state index is 0.0245. The van der Waals surface area contributed by atoms with E-state index in [1.54, 1.807) is 26.2 Å². The van der Waals surface area contributed by atoms with Crippen LogP contribution in [0.1, 0.15) is 22.2 Å². The second-order valence-electron chi connectivity index (χ2n) is 5.94. The van der Waals surface area contributed by atoms with E-state index < -0.39 is 11.5 Å². The van der Waals surface area contributed by atoms with Gasteiger partial charge in [0.25, 0.3) is 11.5 Å². The van der Waals surface area contributed by atoms with Gasteiger partial charge in [0.1, 0.15) is 11.2 Å². The first-order valence-electron chi connectivity index (χ1n) is 7.54. The fourth-order valence-electron chi connectivity index (χ4n) is 2.45. The number of rotatable bonds is 4. The average molecular weight is 342 g/mol. The van der Waals surface area contributed by atoms with Gasteiger partial charge in [-0.2, -0.15) is 0 Å². The molecule has 1 aromatic carbocycles. The van der Waals surface area contributed by atoms with Crippen molar-refractivity contribution in [2.24, 2.45) is 7.05 Å². The van der Waals surface area contributed by atoms with E-state index in [1.807, 2.05) is 30.3 Å². The highest BCUT2D eigenvalue weighted by atomic mass is 32.1. The van der Waals surface area contributed by atoms with Crippen LogP contribution >= 0.6 is 11.3 Å². The van der Waals surface area contributed by atoms with E-state index >= 15 is 0 Å². The number of nitrogens with zero attached hydrogens (tertiary/aromatic N) is 1. The fourth-order valence-corrected chi connectivity index (χ4v) is 3.56. The molecule has 2 heterocycles. The number of carbonyl (C=O) groups is 1. The maximum absolute atomic E-state index is 12.2. The minimum atomic E-state index is -1.21. The maximum atomic E-state index is 12.2. The third-order valence-corrected chi connectivity index (χ3v) is 5.29. The standard InChI is InChI=1S/C18H18N2O3S/c1-18(23,15-10-12-6-3-4-8-14(12)24-15)11-19-16(21)13-7-5-9-20(2)17(13)22/h3-10,23H,11H2,1-2H3,(H,19,21)/t18-/m1/s1. The Morgan fingerprint density at radius 3 is 2.79 bits per heavy atom. The second kappa shape index (κ2) is 6.22. The smallest absolute Gasteiger partial charge is 0.263 e. The van der Waals surface area contributed by atoms with Gasteiger partial charge in [-0.05, 0) is 36.6 Å². The van der Waals surface area contributed by atoms with E-state index in [9.17, 15) is 14.7 Å². The zero-order valence-corrected chi connectivity index (χ0v) is 14.3. The summed E-state index contributed by atoms with van der Waals surface area (Å²) in [6.07, 6.45) is 1.59. The van der Waals surface area contributed by atoms with Crippen molar-refractivity contribution in [2.45, 2.75) is 12.5 Å². The highest BCUT2D eigenvalue weighted by Gasteiger charge is 2.26. The van der Waals surface area contributed by atoms with Crippen molar-refractivity contribution in [3.8, 4) is 0 Å². The van der Waals surface area contributed by atoms with Crippen LogP contribution in [0.5, 0.6) is 0 Å². The Labute approximate surface area is 143 Å². The Morgan fingerprint density at radius 1 is 1.29 bits per heavy atom. The van der Waals surface area contributed by atoms with Gasteiger partial charge in [-0.1, -0.05) is 18.2 Å². The molecule has 5 nitrogen and oxygen atoms in total. The van der Waals surface area contributed by atoms with E-state index in [4.69, 9.17) is 0 Å². The minimum Gasteiger partial charge on any atom is -0.383 e. The van der Waals surface area contributed by atoms with Crippen LogP contribution in [0.25, 0.3) is 10.1 Å². The highest BCUT2D eigenvalue weighted by Crippen LogP contribution is 2.32. The fraction of sp³-hybridized carbons (Fsp3) is 0.222. The Hall–Kier alpha value is -2.44. The van der Waals surface area contributed by atoms with Gasteiger partial charge in [-0.3, -0.25) is 9.59 Å². The van der Waals surface area contributed by atoms with Crippen LogP contribution in [0.3, 0.4) is 0 Å². The molecule has 2 N–H and O–H groups in total. The molecule has 3 rings (SSSR count). The number of aromatic nitrogens is 1. The zero-order chi connectivity index (χ0) is 17.3. The molecule has 0 aliphatic carbocycles. The Bertz CT molecular complexity index is 923. The number of amides is 1. The molecule has 0 spiro atoms. The summed E-state index contributed by atoms with van der Waals surface area (Å²) in [6, 6.07) is 12.9. The van der Waals surface area contributed by atoms with Gasteiger partial charge < -0.3 is 15.0 Å². The first kappa shape index (κ1) is 16.4. The summed E-state index contributed by atoms with van der Waals surface area (Å²) in [5, 5.41) is 14.4. The summed E-state index contributed by atoms with van der Waals surface area (Å²) < 4.78 is 2.43. The number of aliphatic hydroxyl groups is 1. The van der Waals surface area contributed by atoms with E-state index in [0.717, 1.165) is 15.0 Å². The molecule has 0 unspecified atom stereocenters. The normalized spacial score (nSPS) is 13.6. The molecular weight excluding hydrogens is 324 g/mol. The Balaban J connectivity index is 1.78. The van der Waals surface area contributed by atoms with Gasteiger partial charge in [0.15, 0.2) is 0 Å². The molecule has 124 valence electrons. The van der Waals surface area contributed by atoms with E-state index in [1.165, 1.54) is 22.0 Å². The van der Waals surface area contributed by atoms with Crippen molar-refractivity contribution in [1.29, 1.82) is 0 Å². The lowest BCUT2D eigenvalue weighted by Gasteiger charge is -2.22. The van der Waals surface area contributed by atoms with E-state index in [0.29, 0.717) is 0 Å². The van der Waals surface area contributed by atoms with Crippen LogP contribution in [-0.4, -0.2) is 22.1 Å². The zero-order valence-electron chi connectivity index (χ0n) is 13.4. The second-order valence-corrected chi connectivity index (χ2v) is 7.03. The molecule has 24 heavy (non-hydrogen) atoms. The average Bonchev–Trinajstić information content (AvgIpc) is 3.00. The predicted molar refractivity (Wildman–Crippen MR) is 95.4 cm³/mol. The van der Waals surface area contributed by atoms with Crippen LogP contribution in [0.2, 0.25) is 0 Å². The number of carbonyl (C=O) groups excluding carboxylic acids is 1. The summed E-state index contributed by atoms with van der Waals surface area (Å²) in [6.45, 7) is 1.68. The predicted octanol–water partition coefficient (Wildman–Crippen LogP) is 2.24. The van der Waals surface area contributed by atoms with Crippen molar-refractivity contribution in [3.05, 3.63) is 69.5 Å². The lowest BCUT2D eigenvalue weighted by molar-refractivity contribution is 0.0556. The molecule has 0 bridgehead atoms. The molecule has 0 radical (unpaired) electrons. The van der Waals surface area contributed by atoms with Crippen molar-refractivity contribution < 1.29 is 9.90 Å². The number of fused-ring (bicyclic) bond motifs is 1. The van der Waals surface area contributed by atoms with Crippen molar-refractivity contribution in [2.75, 3.05) is 6.54 Å². The van der Waals surface area contributed by atoms with Crippen LogP contribution in [0.4, 0.5) is 0 Å². The number of benzene rings is 1. The van der Waals surface area contributed by atoms with Crippen molar-refractivity contribution >= 4 is 27.3 Å². The summed E-state index contributed by atoms with van der Waals surface area (Å²) in [7, 11) is 1.59. The number of aryl methyl sites for hydroxylation is 1. The van der Waals surface area contributed by atoms with Crippen LogP contribution in [0, 0.1) is 0 Å². The molecule has 0 saturated heterocycles. The molecule has 1 atom stereocenters. The SMILES string of the molecule is Cn1cccc(C(=O)NC[C@@](C)(O)c2cc3ccccc3s2)c1=O. The Kier molecular flexibility index (Phi) is 4.26. The third kappa shape index (κ3) is 3.11. The lowest BCUT2D eigenvalue weighted by atomic mass is 10.0. The highest BCUT2D eigenvalue weighted by molar-refractivity contribution is 7.19. The largest absolute Gasteiger partial charge is 0.383 e. The van der Waals surface area contributed by atoms with Crippen LogP contribution < -0.4 is 10.9 Å². The number of hydrogen-bond acceptors (Lipinski definition) is 4. The first-order valence-corrected chi connectivity index (χ1v) is 8.35. The van der Waals surface area contributed by atoms with Gasteiger partial charge in [0.05, 0.1) is 6.54 Å². The molecule has 1 amide bonds. The quantitative estimate of drug-likeness (QED) is 0.764. The number of nitrogens with one attached hydrogen (secondary N) is 1. The maximum Gasteiger partial charge on any atom is 0.263 e. The number of hydrogen-bond donors (Lipinski definition) is 2. The molecule has 3 aromatic rings. The van der Waals surface area contributed by atoms with E-state index in [2.05, 4.69) is 5.32 Å². The molecule has 0 fully saturated rings. The number of pyridine rings is 1. The van der Waals surface area contributed by atoms with Gasteiger partial charge in [-0.25, -0.2) is 0 Å². The summed E-state index contributed by atoms with van der Waals surface area (Å²) >= 11 is 1.49. The van der Waals surface area contributed by atoms with Gasteiger partial charge >= 0.3 is 0 Å². The van der Waals surface area contributed by atoms with Crippen LogP contribution in [0.15, 0.2) is 53.5 Å². The van der Waals surface area contributed by atoms with Gasteiger partial charge in [0.2, 0.25) is 0 Å². The topological polar surface area (TPSA) is 71.3 Å². The first-order chi connectivity index (χ1) is 11.4. The van der Waals surface area contributed by atoms with Crippen LogP contribution in [-0.2, 0) is 12.6 Å². The monoisotopic (exact) mass is 342 g/mol. The van der Waals surface area contributed by atoms with Crippen molar-refractivity contribution in [1.82, 2.24) is 9.88 Å². The molecule has 6 heteroatoms. The summed E-state index contributed by atoms with van der Waals surface area (Å²) in [5.74, 6) is -0.488.